The second-order valence-electron chi connectivity index (χ2n) is 6.60. The van der Waals surface area contributed by atoms with Gasteiger partial charge in [-0.05, 0) is 31.4 Å². The highest BCUT2D eigenvalue weighted by Gasteiger charge is 2.32. The van der Waals surface area contributed by atoms with Crippen molar-refractivity contribution in [1.29, 1.82) is 0 Å². The summed E-state index contributed by atoms with van der Waals surface area (Å²) in [6.07, 6.45) is -1.05. The summed E-state index contributed by atoms with van der Waals surface area (Å²) in [5, 5.41) is 4.33. The van der Waals surface area contributed by atoms with Crippen molar-refractivity contribution in [1.82, 2.24) is 9.61 Å². The number of Topliss-reactive ketones (excluding diaryl/α,β-unsaturated/α-hetero) is 1. The number of fused-ring (bicyclic) bond motifs is 1. The average molecular weight is 354 g/mol. The normalized spacial score (nSPS) is 16.2. The minimum Gasteiger partial charge on any atom is -0.491 e. The lowest BCUT2D eigenvalue weighted by Crippen LogP contribution is -2.14. The van der Waals surface area contributed by atoms with Crippen molar-refractivity contribution in [3.63, 3.8) is 0 Å². The molecule has 1 atom stereocenters. The van der Waals surface area contributed by atoms with Crippen LogP contribution in [0.1, 0.15) is 61.5 Å². The number of hydrogen-bond acceptors (Lipinski definition) is 3. The molecule has 0 amide bonds. The Kier molecular flexibility index (Phi) is 4.75. The fourth-order valence-electron chi connectivity index (χ4n) is 2.82. The number of pyridine rings is 1. The van der Waals surface area contributed by atoms with E-state index in [1.54, 1.807) is 22.8 Å². The Bertz CT molecular complexity index is 778. The van der Waals surface area contributed by atoms with Crippen LogP contribution >= 0.6 is 0 Å². The van der Waals surface area contributed by atoms with Crippen molar-refractivity contribution in [2.45, 2.75) is 51.6 Å². The lowest BCUT2D eigenvalue weighted by atomic mass is 9.98. The minimum atomic E-state index is -4.24. The van der Waals surface area contributed by atoms with Gasteiger partial charge in [0.05, 0.1) is 36.0 Å². The van der Waals surface area contributed by atoms with Crippen LogP contribution in [0.2, 0.25) is 0 Å². The maximum atomic E-state index is 12.5. The van der Waals surface area contributed by atoms with E-state index in [1.165, 1.54) is 0 Å². The van der Waals surface area contributed by atoms with Crippen LogP contribution in [0.5, 0.6) is 5.75 Å². The summed E-state index contributed by atoms with van der Waals surface area (Å²) in [6.45, 7) is 3.41. The summed E-state index contributed by atoms with van der Waals surface area (Å²) in [7, 11) is 0. The molecule has 1 aliphatic carbocycles. The van der Waals surface area contributed by atoms with E-state index in [0.717, 1.165) is 25.0 Å². The van der Waals surface area contributed by atoms with Gasteiger partial charge in [0.15, 0.2) is 5.78 Å². The predicted molar refractivity (Wildman–Crippen MR) is 87.1 cm³/mol. The highest BCUT2D eigenvalue weighted by atomic mass is 19.4. The molecule has 1 unspecified atom stereocenters. The molecule has 1 fully saturated rings. The first-order valence-electron chi connectivity index (χ1n) is 8.56. The van der Waals surface area contributed by atoms with Crippen LogP contribution in [-0.2, 0) is 0 Å². The zero-order chi connectivity index (χ0) is 18.2. The predicted octanol–water partition coefficient (Wildman–Crippen LogP) is 4.77. The van der Waals surface area contributed by atoms with Crippen molar-refractivity contribution in [3.8, 4) is 5.75 Å². The summed E-state index contributed by atoms with van der Waals surface area (Å²) >= 11 is 0. The summed E-state index contributed by atoms with van der Waals surface area (Å²) in [5.41, 5.74) is 2.01. The molecule has 0 bridgehead atoms. The fraction of sp³-hybridized carbons (Fsp3) is 0.556. The molecular weight excluding hydrogens is 333 g/mol. The zero-order valence-corrected chi connectivity index (χ0v) is 14.3. The third-order valence-corrected chi connectivity index (χ3v) is 4.61. The zero-order valence-electron chi connectivity index (χ0n) is 14.3. The molecule has 0 saturated heterocycles. The van der Waals surface area contributed by atoms with Crippen LogP contribution in [0.4, 0.5) is 13.2 Å². The van der Waals surface area contributed by atoms with Gasteiger partial charge in [-0.25, -0.2) is 4.52 Å². The fourth-order valence-corrected chi connectivity index (χ4v) is 2.82. The highest BCUT2D eigenvalue weighted by molar-refractivity contribution is 6.03. The van der Waals surface area contributed by atoms with Crippen molar-refractivity contribution < 1.29 is 22.7 Å². The van der Waals surface area contributed by atoms with E-state index < -0.39 is 19.2 Å². The quantitative estimate of drug-likeness (QED) is 0.673. The Hall–Kier alpha value is -2.05. The van der Waals surface area contributed by atoms with Crippen LogP contribution in [0.25, 0.3) is 5.52 Å². The Morgan fingerprint density at radius 2 is 2.12 bits per heavy atom. The highest BCUT2D eigenvalue weighted by Crippen LogP contribution is 2.44. The van der Waals surface area contributed by atoms with Crippen LogP contribution in [0.15, 0.2) is 18.3 Å². The largest absolute Gasteiger partial charge is 0.491 e. The third kappa shape index (κ3) is 3.80. The third-order valence-electron chi connectivity index (χ3n) is 4.61. The minimum absolute atomic E-state index is 0.0324. The maximum absolute atomic E-state index is 12.5. The van der Waals surface area contributed by atoms with Gasteiger partial charge in [0.1, 0.15) is 5.75 Å². The monoisotopic (exact) mass is 354 g/mol. The van der Waals surface area contributed by atoms with Gasteiger partial charge in [-0.1, -0.05) is 13.8 Å². The molecular formula is C18H21F3N2O2. The molecule has 0 radical (unpaired) electrons. The Morgan fingerprint density at radius 3 is 2.72 bits per heavy atom. The first-order chi connectivity index (χ1) is 11.8. The standard InChI is InChI=1S/C18H21F3N2O2/c1-3-11(2)17(24)13-10-22-23-14(13)6-7-15(16(23)12-4-5-12)25-9-8-18(19,20)21/h6-7,10-12H,3-5,8-9H2,1-2H3. The number of aromatic nitrogens is 2. The van der Waals surface area contributed by atoms with Gasteiger partial charge in [0.2, 0.25) is 0 Å². The number of rotatable bonds is 7. The Morgan fingerprint density at radius 1 is 1.40 bits per heavy atom. The van der Waals surface area contributed by atoms with Gasteiger partial charge in [0.25, 0.3) is 0 Å². The molecule has 1 aliphatic rings. The molecule has 2 heterocycles. The summed E-state index contributed by atoms with van der Waals surface area (Å²) < 4.78 is 44.1. The van der Waals surface area contributed by atoms with Crippen LogP contribution in [-0.4, -0.2) is 28.2 Å². The Labute approximate surface area is 144 Å². The summed E-state index contributed by atoms with van der Waals surface area (Å²) in [4.78, 5) is 12.5. The number of ketones is 1. The van der Waals surface area contributed by atoms with Gasteiger partial charge in [-0.15, -0.1) is 0 Å². The number of nitrogens with zero attached hydrogens (tertiary/aromatic N) is 2. The van der Waals surface area contributed by atoms with E-state index in [1.807, 2.05) is 13.8 Å². The van der Waals surface area contributed by atoms with Crippen LogP contribution in [0, 0.1) is 5.92 Å². The van der Waals surface area contributed by atoms with E-state index in [-0.39, 0.29) is 17.6 Å². The van der Waals surface area contributed by atoms with Crippen molar-refractivity contribution in [2.75, 3.05) is 6.61 Å². The van der Waals surface area contributed by atoms with Crippen molar-refractivity contribution in [3.05, 3.63) is 29.6 Å². The lowest BCUT2D eigenvalue weighted by Gasteiger charge is -2.14. The molecule has 0 aliphatic heterocycles. The second kappa shape index (κ2) is 6.69. The van der Waals surface area contributed by atoms with Gasteiger partial charge in [-0.2, -0.15) is 18.3 Å². The Balaban J connectivity index is 1.93. The lowest BCUT2D eigenvalue weighted by molar-refractivity contribution is -0.139. The number of carbonyl (C=O) groups excluding carboxylic acids is 1. The molecule has 4 nitrogen and oxygen atoms in total. The first-order valence-corrected chi connectivity index (χ1v) is 8.56. The number of halogens is 3. The van der Waals surface area contributed by atoms with E-state index in [4.69, 9.17) is 4.74 Å². The maximum Gasteiger partial charge on any atom is 0.392 e. The van der Waals surface area contributed by atoms with Crippen molar-refractivity contribution in [2.24, 2.45) is 5.92 Å². The van der Waals surface area contributed by atoms with Gasteiger partial charge in [-0.3, -0.25) is 4.79 Å². The number of carbonyl (C=O) groups is 1. The van der Waals surface area contributed by atoms with Gasteiger partial charge in [0, 0.05) is 11.8 Å². The number of hydrogen-bond donors (Lipinski definition) is 0. The second-order valence-corrected chi connectivity index (χ2v) is 6.60. The van der Waals surface area contributed by atoms with Crippen LogP contribution < -0.4 is 4.74 Å². The molecule has 136 valence electrons. The van der Waals surface area contributed by atoms with Crippen molar-refractivity contribution >= 4 is 11.3 Å². The van der Waals surface area contributed by atoms with Gasteiger partial charge >= 0.3 is 6.18 Å². The summed E-state index contributed by atoms with van der Waals surface area (Å²) in [6, 6.07) is 3.37. The molecule has 2 aromatic heterocycles. The van der Waals surface area contributed by atoms with Crippen LogP contribution in [0.3, 0.4) is 0 Å². The van der Waals surface area contributed by atoms with E-state index in [9.17, 15) is 18.0 Å². The molecule has 2 aromatic rings. The molecule has 0 aromatic carbocycles. The average Bonchev–Trinajstić information content (AvgIpc) is 3.30. The molecule has 1 saturated carbocycles. The molecule has 0 spiro atoms. The van der Waals surface area contributed by atoms with Gasteiger partial charge < -0.3 is 4.74 Å². The molecule has 7 heteroatoms. The number of alkyl halides is 3. The molecule has 3 rings (SSSR count). The topological polar surface area (TPSA) is 43.6 Å². The summed E-state index contributed by atoms with van der Waals surface area (Å²) in [5.74, 6) is 0.575. The smallest absolute Gasteiger partial charge is 0.392 e. The SMILES string of the molecule is CCC(C)C(=O)c1cnn2c(C3CC3)c(OCCC(F)(F)F)ccc12. The molecule has 25 heavy (non-hydrogen) atoms. The number of ether oxygens (including phenoxy) is 1. The first kappa shape index (κ1) is 17.8. The molecule has 0 N–H and O–H groups in total. The van der Waals surface area contributed by atoms with E-state index in [2.05, 4.69) is 5.10 Å². The van der Waals surface area contributed by atoms with E-state index in [0.29, 0.717) is 16.8 Å². The van der Waals surface area contributed by atoms with E-state index >= 15 is 0 Å².